The maximum atomic E-state index is 13.1. The van der Waals surface area contributed by atoms with E-state index in [1.807, 2.05) is 68.4 Å². The second kappa shape index (κ2) is 8.01. The Hall–Kier alpha value is -3.71. The molecule has 5 rings (SSSR count). The van der Waals surface area contributed by atoms with Gasteiger partial charge in [0.2, 0.25) is 0 Å². The first-order valence-electron chi connectivity index (χ1n) is 11.0. The molecule has 4 atom stereocenters. The first-order chi connectivity index (χ1) is 15.9. The van der Waals surface area contributed by atoms with E-state index in [4.69, 9.17) is 4.74 Å². The summed E-state index contributed by atoms with van der Waals surface area (Å²) >= 11 is 0. The Kier molecular flexibility index (Phi) is 5.13. The highest BCUT2D eigenvalue weighted by Crippen LogP contribution is 2.49. The van der Waals surface area contributed by atoms with E-state index < -0.39 is 17.5 Å². The van der Waals surface area contributed by atoms with Crippen LogP contribution in [-0.2, 0) is 16.9 Å². The van der Waals surface area contributed by atoms with Crippen LogP contribution in [0.4, 0.5) is 5.69 Å². The van der Waals surface area contributed by atoms with E-state index in [9.17, 15) is 14.9 Å². The van der Waals surface area contributed by atoms with Crippen molar-refractivity contribution < 1.29 is 14.5 Å². The molecule has 2 aliphatic rings. The standard InChI is InChI=1S/C26H25N3O4/c1-16-7-9-18(10-8-16)15-33-20-13-11-19(12-14-20)23-17(2)28-26(24(23)29(31)32)21-5-3-4-6-22(21)27-25(26)30/h3-14,17,23-24,28H,15H2,1-2H3,(H,27,30)/t17-,23-,24-,26+/m0/s1. The monoisotopic (exact) mass is 443 g/mol. The van der Waals surface area contributed by atoms with Crippen LogP contribution in [0.5, 0.6) is 5.75 Å². The molecule has 0 saturated carbocycles. The van der Waals surface area contributed by atoms with Crippen molar-refractivity contribution in [2.24, 2.45) is 0 Å². The number of nitro groups is 1. The predicted molar refractivity (Wildman–Crippen MR) is 125 cm³/mol. The molecule has 0 aliphatic carbocycles. The summed E-state index contributed by atoms with van der Waals surface area (Å²) in [7, 11) is 0. The normalized spacial score (nSPS) is 25.6. The number of aryl methyl sites for hydroxylation is 1. The Bertz CT molecular complexity index is 1210. The summed E-state index contributed by atoms with van der Waals surface area (Å²) in [6.45, 7) is 4.38. The SMILES string of the molecule is Cc1ccc(COc2ccc([C@@H]3[C@H](C)N[C@@]4(C(=O)Nc5ccccc54)[C@H]3[N+](=O)[O-])cc2)cc1. The van der Waals surface area contributed by atoms with E-state index in [1.165, 1.54) is 5.56 Å². The van der Waals surface area contributed by atoms with Gasteiger partial charge in [-0.05, 0) is 43.2 Å². The van der Waals surface area contributed by atoms with Crippen LogP contribution in [0.2, 0.25) is 0 Å². The van der Waals surface area contributed by atoms with Gasteiger partial charge < -0.3 is 10.1 Å². The molecule has 0 radical (unpaired) electrons. The summed E-state index contributed by atoms with van der Waals surface area (Å²) in [4.78, 5) is 25.1. The summed E-state index contributed by atoms with van der Waals surface area (Å²) in [6.07, 6.45) is 0. The van der Waals surface area contributed by atoms with E-state index in [-0.39, 0.29) is 16.9 Å². The Morgan fingerprint density at radius 3 is 2.42 bits per heavy atom. The topological polar surface area (TPSA) is 93.5 Å². The fourth-order valence-corrected chi connectivity index (χ4v) is 5.19. The molecule has 33 heavy (non-hydrogen) atoms. The second-order valence-electron chi connectivity index (χ2n) is 8.84. The molecule has 168 valence electrons. The number of ether oxygens (including phenoxy) is 1. The third-order valence-electron chi connectivity index (χ3n) is 6.75. The van der Waals surface area contributed by atoms with Gasteiger partial charge in [0.05, 0.1) is 5.92 Å². The summed E-state index contributed by atoms with van der Waals surface area (Å²) < 4.78 is 5.89. The number of carbonyl (C=O) groups excluding carboxylic acids is 1. The van der Waals surface area contributed by atoms with Crippen molar-refractivity contribution in [3.8, 4) is 5.75 Å². The number of carbonyl (C=O) groups is 1. The average Bonchev–Trinajstić information content (AvgIpc) is 3.27. The van der Waals surface area contributed by atoms with Gasteiger partial charge in [-0.2, -0.15) is 0 Å². The highest BCUT2D eigenvalue weighted by atomic mass is 16.6. The van der Waals surface area contributed by atoms with Gasteiger partial charge >= 0.3 is 0 Å². The van der Waals surface area contributed by atoms with Gasteiger partial charge in [0, 0.05) is 22.2 Å². The van der Waals surface area contributed by atoms with Crippen LogP contribution < -0.4 is 15.4 Å². The summed E-state index contributed by atoms with van der Waals surface area (Å²) in [6, 6.07) is 21.3. The van der Waals surface area contributed by atoms with Gasteiger partial charge in [-0.1, -0.05) is 60.2 Å². The Morgan fingerprint density at radius 2 is 1.73 bits per heavy atom. The quantitative estimate of drug-likeness (QED) is 0.457. The summed E-state index contributed by atoms with van der Waals surface area (Å²) in [5, 5.41) is 18.5. The molecular weight excluding hydrogens is 418 g/mol. The second-order valence-corrected chi connectivity index (χ2v) is 8.84. The molecule has 0 bridgehead atoms. The van der Waals surface area contributed by atoms with E-state index in [0.29, 0.717) is 23.6 Å². The lowest BCUT2D eigenvalue weighted by molar-refractivity contribution is -0.532. The van der Waals surface area contributed by atoms with Crippen LogP contribution in [0.25, 0.3) is 0 Å². The average molecular weight is 444 g/mol. The number of benzene rings is 3. The zero-order chi connectivity index (χ0) is 23.2. The lowest BCUT2D eigenvalue weighted by Gasteiger charge is -2.25. The van der Waals surface area contributed by atoms with Gasteiger partial charge in [0.25, 0.3) is 11.9 Å². The molecule has 7 heteroatoms. The molecule has 0 unspecified atom stereocenters. The summed E-state index contributed by atoms with van der Waals surface area (Å²) in [5.41, 5.74) is 2.91. The van der Waals surface area contributed by atoms with Crippen molar-refractivity contribution >= 4 is 11.6 Å². The summed E-state index contributed by atoms with van der Waals surface area (Å²) in [5.74, 6) is -0.171. The Labute approximate surface area is 191 Å². The lowest BCUT2D eigenvalue weighted by atomic mass is 9.78. The van der Waals surface area contributed by atoms with Crippen LogP contribution in [0.1, 0.15) is 35.1 Å². The molecule has 2 N–H and O–H groups in total. The molecule has 2 heterocycles. The highest BCUT2D eigenvalue weighted by Gasteiger charge is 2.67. The zero-order valence-electron chi connectivity index (χ0n) is 18.4. The predicted octanol–water partition coefficient (Wildman–Crippen LogP) is 4.14. The molecule has 1 spiro atoms. The van der Waals surface area contributed by atoms with Crippen molar-refractivity contribution in [3.05, 3.63) is 105 Å². The van der Waals surface area contributed by atoms with Crippen molar-refractivity contribution in [1.82, 2.24) is 5.32 Å². The minimum Gasteiger partial charge on any atom is -0.489 e. The number of anilines is 1. The minimum atomic E-state index is -1.40. The van der Waals surface area contributed by atoms with Crippen molar-refractivity contribution in [3.63, 3.8) is 0 Å². The third-order valence-corrected chi connectivity index (χ3v) is 6.75. The largest absolute Gasteiger partial charge is 0.489 e. The number of fused-ring (bicyclic) bond motifs is 2. The maximum Gasteiger partial charge on any atom is 0.256 e. The van der Waals surface area contributed by atoms with Crippen LogP contribution >= 0.6 is 0 Å². The maximum absolute atomic E-state index is 13.1. The van der Waals surface area contributed by atoms with Crippen LogP contribution in [0, 0.1) is 17.0 Å². The molecule has 2 aliphatic heterocycles. The lowest BCUT2D eigenvalue weighted by Crippen LogP contribution is -2.54. The third kappa shape index (κ3) is 3.45. The molecule has 3 aromatic rings. The van der Waals surface area contributed by atoms with E-state index in [2.05, 4.69) is 10.6 Å². The van der Waals surface area contributed by atoms with E-state index in [0.717, 1.165) is 11.1 Å². The van der Waals surface area contributed by atoms with Crippen molar-refractivity contribution in [1.29, 1.82) is 0 Å². The molecule has 1 fully saturated rings. The van der Waals surface area contributed by atoms with E-state index >= 15 is 0 Å². The van der Waals surface area contributed by atoms with Gasteiger partial charge in [-0.3, -0.25) is 20.2 Å². The Balaban J connectivity index is 1.42. The first kappa shape index (κ1) is 21.2. The van der Waals surface area contributed by atoms with Gasteiger partial charge in [-0.25, -0.2) is 0 Å². The van der Waals surface area contributed by atoms with Gasteiger partial charge in [-0.15, -0.1) is 0 Å². The van der Waals surface area contributed by atoms with Crippen molar-refractivity contribution in [2.75, 3.05) is 5.32 Å². The number of amides is 1. The fraction of sp³-hybridized carbons (Fsp3) is 0.269. The molecule has 1 saturated heterocycles. The number of para-hydroxylation sites is 1. The molecule has 3 aromatic carbocycles. The number of nitrogens with zero attached hydrogens (tertiary/aromatic N) is 1. The molecule has 1 amide bonds. The number of hydrogen-bond donors (Lipinski definition) is 2. The molecular formula is C26H25N3O4. The van der Waals surface area contributed by atoms with Gasteiger partial charge in [0.15, 0.2) is 5.54 Å². The fourth-order valence-electron chi connectivity index (χ4n) is 5.19. The minimum absolute atomic E-state index is 0.281. The number of rotatable bonds is 5. The zero-order valence-corrected chi connectivity index (χ0v) is 18.4. The highest BCUT2D eigenvalue weighted by molar-refractivity contribution is 6.07. The Morgan fingerprint density at radius 1 is 1.03 bits per heavy atom. The van der Waals surface area contributed by atoms with Crippen molar-refractivity contribution in [2.45, 2.75) is 44.0 Å². The first-order valence-corrected chi connectivity index (χ1v) is 11.0. The van der Waals surface area contributed by atoms with Gasteiger partial charge in [0.1, 0.15) is 12.4 Å². The number of nitrogens with one attached hydrogen (secondary N) is 2. The molecule has 7 nitrogen and oxygen atoms in total. The smallest absolute Gasteiger partial charge is 0.256 e. The van der Waals surface area contributed by atoms with Crippen LogP contribution in [0.3, 0.4) is 0 Å². The van der Waals surface area contributed by atoms with Crippen LogP contribution in [-0.4, -0.2) is 22.9 Å². The molecule has 0 aromatic heterocycles. The number of hydrogen-bond acceptors (Lipinski definition) is 5. The van der Waals surface area contributed by atoms with E-state index in [1.54, 1.807) is 18.2 Å². The van der Waals surface area contributed by atoms with Crippen LogP contribution in [0.15, 0.2) is 72.8 Å².